The average molecular weight is 293 g/mol. The van der Waals surface area contributed by atoms with Crippen LogP contribution in [0.25, 0.3) is 10.2 Å². The number of thiazole rings is 1. The molecule has 1 aliphatic carbocycles. The lowest BCUT2D eigenvalue weighted by Crippen LogP contribution is -2.38. The molecule has 1 heterocycles. The number of anilines is 1. The van der Waals surface area contributed by atoms with E-state index in [4.69, 9.17) is 0 Å². The minimum atomic E-state index is -0.292. The molecule has 0 unspecified atom stereocenters. The summed E-state index contributed by atoms with van der Waals surface area (Å²) in [5.41, 5.74) is 0.698. The maximum Gasteiger partial charge on any atom is 0.321 e. The molecule has 2 amide bonds. The molecular formula is C14H16FN3OS. The van der Waals surface area contributed by atoms with Gasteiger partial charge in [0.25, 0.3) is 0 Å². The number of carbonyl (C=O) groups excluding carboxylic acids is 1. The molecule has 0 bridgehead atoms. The van der Waals surface area contributed by atoms with Crippen LogP contribution in [-0.4, -0.2) is 17.1 Å². The third-order valence-corrected chi connectivity index (χ3v) is 4.44. The first-order valence-electron chi connectivity index (χ1n) is 6.84. The summed E-state index contributed by atoms with van der Waals surface area (Å²) in [5, 5.41) is 6.20. The van der Waals surface area contributed by atoms with Crippen LogP contribution in [0.5, 0.6) is 0 Å². The number of nitrogens with zero attached hydrogens (tertiary/aromatic N) is 1. The van der Waals surface area contributed by atoms with Gasteiger partial charge < -0.3 is 5.32 Å². The number of halogens is 1. The molecule has 1 saturated carbocycles. The predicted molar refractivity (Wildman–Crippen MR) is 78.6 cm³/mol. The van der Waals surface area contributed by atoms with Crippen molar-refractivity contribution in [3.63, 3.8) is 0 Å². The number of fused-ring (bicyclic) bond motifs is 1. The summed E-state index contributed by atoms with van der Waals surface area (Å²) < 4.78 is 13.8. The zero-order valence-electron chi connectivity index (χ0n) is 11.0. The molecule has 20 heavy (non-hydrogen) atoms. The monoisotopic (exact) mass is 293 g/mol. The Hall–Kier alpha value is -1.69. The Morgan fingerprint density at radius 1 is 1.30 bits per heavy atom. The van der Waals surface area contributed by atoms with Gasteiger partial charge in [0.05, 0.1) is 10.2 Å². The van der Waals surface area contributed by atoms with E-state index in [1.54, 1.807) is 6.07 Å². The summed E-state index contributed by atoms with van der Waals surface area (Å²) in [6, 6.07) is 4.45. The van der Waals surface area contributed by atoms with Gasteiger partial charge in [0.2, 0.25) is 0 Å². The Labute approximate surface area is 120 Å². The molecule has 2 N–H and O–H groups in total. The summed E-state index contributed by atoms with van der Waals surface area (Å²) in [7, 11) is 0. The standard InChI is InChI=1S/C14H16FN3OS/c15-9-6-7-11-12(8-9)20-14(17-11)18-13(19)16-10-4-2-1-3-5-10/h6-8,10H,1-5H2,(H2,16,17,18,19). The Kier molecular flexibility index (Phi) is 3.82. The van der Waals surface area contributed by atoms with E-state index in [0.717, 1.165) is 17.5 Å². The second kappa shape index (κ2) is 5.75. The van der Waals surface area contributed by atoms with Crippen LogP contribution in [0.1, 0.15) is 32.1 Å². The van der Waals surface area contributed by atoms with Crippen molar-refractivity contribution in [1.82, 2.24) is 10.3 Å². The molecule has 1 aliphatic rings. The first-order chi connectivity index (χ1) is 9.70. The van der Waals surface area contributed by atoms with Gasteiger partial charge in [-0.1, -0.05) is 30.6 Å². The van der Waals surface area contributed by atoms with Gasteiger partial charge in [-0.3, -0.25) is 5.32 Å². The van der Waals surface area contributed by atoms with Crippen LogP contribution in [0.15, 0.2) is 18.2 Å². The largest absolute Gasteiger partial charge is 0.335 e. The van der Waals surface area contributed by atoms with Gasteiger partial charge in [-0.15, -0.1) is 0 Å². The van der Waals surface area contributed by atoms with Crippen molar-refractivity contribution in [1.29, 1.82) is 0 Å². The number of amides is 2. The van der Waals surface area contributed by atoms with Gasteiger partial charge in [-0.2, -0.15) is 0 Å². The van der Waals surface area contributed by atoms with Crippen molar-refractivity contribution in [3.05, 3.63) is 24.0 Å². The average Bonchev–Trinajstić information content (AvgIpc) is 2.80. The summed E-state index contributed by atoms with van der Waals surface area (Å²) in [6.07, 6.45) is 5.68. The van der Waals surface area contributed by atoms with Crippen LogP contribution in [0.4, 0.5) is 14.3 Å². The molecule has 1 fully saturated rings. The summed E-state index contributed by atoms with van der Waals surface area (Å²) in [4.78, 5) is 16.2. The molecule has 0 atom stereocenters. The molecule has 6 heteroatoms. The SMILES string of the molecule is O=C(Nc1nc2ccc(F)cc2s1)NC1CCCCC1. The van der Waals surface area contributed by atoms with E-state index in [2.05, 4.69) is 15.6 Å². The lowest BCUT2D eigenvalue weighted by Gasteiger charge is -2.22. The first-order valence-corrected chi connectivity index (χ1v) is 7.66. The Morgan fingerprint density at radius 2 is 2.10 bits per heavy atom. The molecule has 1 aromatic carbocycles. The van der Waals surface area contributed by atoms with Crippen molar-refractivity contribution in [2.24, 2.45) is 0 Å². The van der Waals surface area contributed by atoms with E-state index in [0.29, 0.717) is 10.6 Å². The fourth-order valence-corrected chi connectivity index (χ4v) is 3.40. The summed E-state index contributed by atoms with van der Waals surface area (Å²) in [5.74, 6) is -0.292. The van der Waals surface area contributed by atoms with Crippen LogP contribution in [-0.2, 0) is 0 Å². The van der Waals surface area contributed by atoms with Gasteiger partial charge in [-0.05, 0) is 31.0 Å². The molecule has 2 aromatic rings. The van der Waals surface area contributed by atoms with Gasteiger partial charge in [0, 0.05) is 6.04 Å². The zero-order valence-corrected chi connectivity index (χ0v) is 11.8. The third-order valence-electron chi connectivity index (χ3n) is 3.51. The van der Waals surface area contributed by atoms with Gasteiger partial charge in [-0.25, -0.2) is 14.2 Å². The highest BCUT2D eigenvalue weighted by Crippen LogP contribution is 2.26. The van der Waals surface area contributed by atoms with E-state index in [1.807, 2.05) is 0 Å². The van der Waals surface area contributed by atoms with Crippen molar-refractivity contribution in [3.8, 4) is 0 Å². The maximum atomic E-state index is 13.1. The molecule has 0 saturated heterocycles. The number of benzene rings is 1. The highest BCUT2D eigenvalue weighted by atomic mass is 32.1. The van der Waals surface area contributed by atoms with Gasteiger partial charge in [0.1, 0.15) is 5.82 Å². The highest BCUT2D eigenvalue weighted by Gasteiger charge is 2.16. The minimum absolute atomic E-state index is 0.226. The van der Waals surface area contributed by atoms with Crippen LogP contribution in [0.2, 0.25) is 0 Å². The lowest BCUT2D eigenvalue weighted by molar-refractivity contribution is 0.244. The molecule has 106 valence electrons. The van der Waals surface area contributed by atoms with Crippen molar-refractivity contribution >= 4 is 32.7 Å². The third kappa shape index (κ3) is 3.07. The van der Waals surface area contributed by atoms with Crippen LogP contribution in [0.3, 0.4) is 0 Å². The molecule has 0 aliphatic heterocycles. The van der Waals surface area contributed by atoms with E-state index in [-0.39, 0.29) is 17.9 Å². The normalized spacial score (nSPS) is 16.2. The molecule has 3 rings (SSSR count). The number of hydrogen-bond acceptors (Lipinski definition) is 3. The smallest absolute Gasteiger partial charge is 0.321 e. The number of rotatable bonds is 2. The number of nitrogens with one attached hydrogen (secondary N) is 2. The molecule has 4 nitrogen and oxygen atoms in total. The van der Waals surface area contributed by atoms with E-state index < -0.39 is 0 Å². The molecule has 0 radical (unpaired) electrons. The number of carbonyl (C=O) groups is 1. The summed E-state index contributed by atoms with van der Waals surface area (Å²) in [6.45, 7) is 0. The van der Waals surface area contributed by atoms with Crippen molar-refractivity contribution in [2.45, 2.75) is 38.1 Å². The molecule has 1 aromatic heterocycles. The first kappa shape index (κ1) is 13.3. The highest BCUT2D eigenvalue weighted by molar-refractivity contribution is 7.22. The molecule has 0 spiro atoms. The predicted octanol–water partition coefficient (Wildman–Crippen LogP) is 3.89. The number of urea groups is 1. The topological polar surface area (TPSA) is 54.0 Å². The van der Waals surface area contributed by atoms with Crippen molar-refractivity contribution < 1.29 is 9.18 Å². The fraction of sp³-hybridized carbons (Fsp3) is 0.429. The second-order valence-corrected chi connectivity index (χ2v) is 6.10. The molecular weight excluding hydrogens is 277 g/mol. The Morgan fingerprint density at radius 3 is 2.90 bits per heavy atom. The lowest BCUT2D eigenvalue weighted by atomic mass is 9.96. The van der Waals surface area contributed by atoms with Crippen LogP contribution < -0.4 is 10.6 Å². The Balaban J connectivity index is 1.64. The van der Waals surface area contributed by atoms with Crippen LogP contribution >= 0.6 is 11.3 Å². The summed E-state index contributed by atoms with van der Waals surface area (Å²) >= 11 is 1.28. The maximum absolute atomic E-state index is 13.1. The van der Waals surface area contributed by atoms with Gasteiger partial charge >= 0.3 is 6.03 Å². The van der Waals surface area contributed by atoms with E-state index >= 15 is 0 Å². The fourth-order valence-electron chi connectivity index (χ4n) is 2.52. The van der Waals surface area contributed by atoms with Crippen LogP contribution in [0, 0.1) is 5.82 Å². The Bertz CT molecular complexity index is 622. The second-order valence-electron chi connectivity index (χ2n) is 5.06. The quantitative estimate of drug-likeness (QED) is 0.882. The van der Waals surface area contributed by atoms with E-state index in [9.17, 15) is 9.18 Å². The van der Waals surface area contributed by atoms with E-state index in [1.165, 1.54) is 42.7 Å². The van der Waals surface area contributed by atoms with Gasteiger partial charge in [0.15, 0.2) is 5.13 Å². The zero-order chi connectivity index (χ0) is 13.9. The van der Waals surface area contributed by atoms with Crippen molar-refractivity contribution in [2.75, 3.05) is 5.32 Å². The minimum Gasteiger partial charge on any atom is -0.335 e. The number of aromatic nitrogens is 1. The number of hydrogen-bond donors (Lipinski definition) is 2.